The molecular weight excluding hydrogens is 486 g/mol. The maximum Gasteiger partial charge on any atom is 0.265 e. The van der Waals surface area contributed by atoms with E-state index in [0.29, 0.717) is 44.3 Å². The van der Waals surface area contributed by atoms with Crippen LogP contribution < -0.4 is 0 Å². The van der Waals surface area contributed by atoms with Gasteiger partial charge < -0.3 is 14.5 Å². The van der Waals surface area contributed by atoms with Crippen molar-refractivity contribution in [3.05, 3.63) is 65.0 Å². The van der Waals surface area contributed by atoms with E-state index in [4.69, 9.17) is 9.72 Å². The number of hydrogen-bond acceptors (Lipinski definition) is 7. The summed E-state index contributed by atoms with van der Waals surface area (Å²) in [5.74, 6) is 0.568. The zero-order valence-corrected chi connectivity index (χ0v) is 22.0. The Kier molecular flexibility index (Phi) is 6.07. The van der Waals surface area contributed by atoms with E-state index in [1.54, 1.807) is 24.1 Å². The van der Waals surface area contributed by atoms with Crippen LogP contribution in [0.5, 0.6) is 0 Å². The lowest BCUT2D eigenvalue weighted by molar-refractivity contribution is -0.148. The van der Waals surface area contributed by atoms with Crippen molar-refractivity contribution < 1.29 is 14.3 Å². The summed E-state index contributed by atoms with van der Waals surface area (Å²) in [7, 11) is 0. The molecule has 5 heterocycles. The Morgan fingerprint density at radius 3 is 2.59 bits per heavy atom. The van der Waals surface area contributed by atoms with Gasteiger partial charge >= 0.3 is 0 Å². The largest absolute Gasteiger partial charge is 0.375 e. The number of ether oxygens (including phenoxy) is 1. The molecule has 192 valence electrons. The van der Waals surface area contributed by atoms with E-state index < -0.39 is 0 Å². The standard InChI is InChI=1S/C28H31N5O3S/c1-27(2)9-22(27)25(34)33-16-28(17-33)15-32(26(35)24-11-30-18-37-24)12-20(28)13-36-14-21-6-3-7-23(31-21)19-5-4-8-29-10-19/h3-8,10-11,18,20,22H,9,12-17H2,1-2H3/t20-,22+/m0/s1. The first-order chi connectivity index (χ1) is 17.8. The average Bonchev–Trinajstić information content (AvgIpc) is 3.26. The van der Waals surface area contributed by atoms with E-state index in [-0.39, 0.29) is 34.5 Å². The summed E-state index contributed by atoms with van der Waals surface area (Å²) in [6.45, 7) is 7.86. The number of aromatic nitrogens is 3. The van der Waals surface area contributed by atoms with Crippen molar-refractivity contribution in [1.82, 2.24) is 24.8 Å². The molecule has 3 aliphatic rings. The third-order valence-corrected chi connectivity index (χ3v) is 8.97. The maximum absolute atomic E-state index is 13.1. The fraction of sp³-hybridized carbons (Fsp3) is 0.464. The van der Waals surface area contributed by atoms with Crippen LogP contribution in [-0.2, 0) is 16.1 Å². The number of likely N-dealkylation sites (tertiary alicyclic amines) is 2. The number of amides is 2. The van der Waals surface area contributed by atoms with Crippen molar-refractivity contribution >= 4 is 23.2 Å². The summed E-state index contributed by atoms with van der Waals surface area (Å²) >= 11 is 1.37. The minimum atomic E-state index is -0.125. The van der Waals surface area contributed by atoms with Crippen molar-refractivity contribution in [2.24, 2.45) is 22.7 Å². The summed E-state index contributed by atoms with van der Waals surface area (Å²) in [6.07, 6.45) is 6.15. The zero-order chi connectivity index (χ0) is 25.6. The molecule has 6 rings (SSSR count). The summed E-state index contributed by atoms with van der Waals surface area (Å²) in [5, 5.41) is 0. The van der Waals surface area contributed by atoms with Crippen LogP contribution in [0.2, 0.25) is 0 Å². The first kappa shape index (κ1) is 24.2. The molecule has 37 heavy (non-hydrogen) atoms. The Bertz CT molecular complexity index is 1290. The Hall–Kier alpha value is -3.17. The molecule has 8 nitrogen and oxygen atoms in total. The molecule has 0 unspecified atom stereocenters. The van der Waals surface area contributed by atoms with E-state index in [1.165, 1.54) is 11.3 Å². The highest BCUT2D eigenvalue weighted by atomic mass is 32.1. The molecule has 2 amide bonds. The maximum atomic E-state index is 13.1. The lowest BCUT2D eigenvalue weighted by atomic mass is 9.71. The van der Waals surface area contributed by atoms with Gasteiger partial charge in [0.15, 0.2) is 0 Å². The van der Waals surface area contributed by atoms with Gasteiger partial charge in [-0.25, -0.2) is 0 Å². The van der Waals surface area contributed by atoms with Crippen LogP contribution >= 0.6 is 11.3 Å². The molecule has 0 N–H and O–H groups in total. The van der Waals surface area contributed by atoms with Gasteiger partial charge in [-0.3, -0.25) is 24.5 Å². The van der Waals surface area contributed by atoms with Crippen molar-refractivity contribution in [2.45, 2.75) is 26.9 Å². The molecule has 3 aromatic heterocycles. The lowest BCUT2D eigenvalue weighted by Crippen LogP contribution is -2.63. The smallest absolute Gasteiger partial charge is 0.265 e. The predicted molar refractivity (Wildman–Crippen MR) is 140 cm³/mol. The van der Waals surface area contributed by atoms with Crippen LogP contribution in [0, 0.1) is 22.7 Å². The molecule has 1 saturated carbocycles. The van der Waals surface area contributed by atoms with Crippen LogP contribution in [-0.4, -0.2) is 69.4 Å². The highest BCUT2D eigenvalue weighted by Gasteiger charge is 2.60. The van der Waals surface area contributed by atoms with E-state index in [2.05, 4.69) is 23.8 Å². The summed E-state index contributed by atoms with van der Waals surface area (Å²) in [6, 6.07) is 9.80. The molecule has 0 aromatic carbocycles. The fourth-order valence-electron chi connectivity index (χ4n) is 5.77. The Morgan fingerprint density at radius 1 is 1.08 bits per heavy atom. The third-order valence-electron chi connectivity index (χ3n) is 8.21. The number of nitrogens with zero attached hydrogens (tertiary/aromatic N) is 5. The van der Waals surface area contributed by atoms with E-state index in [0.717, 1.165) is 23.4 Å². The molecule has 9 heteroatoms. The molecule has 1 aliphatic carbocycles. The van der Waals surface area contributed by atoms with Gasteiger partial charge in [0.2, 0.25) is 5.91 Å². The van der Waals surface area contributed by atoms with Gasteiger partial charge in [-0.2, -0.15) is 0 Å². The second kappa shape index (κ2) is 9.29. The minimum absolute atomic E-state index is 0.0170. The van der Waals surface area contributed by atoms with Gasteiger partial charge in [-0.05, 0) is 36.1 Å². The topological polar surface area (TPSA) is 88.5 Å². The molecular formula is C28H31N5O3S. The van der Waals surface area contributed by atoms with E-state index in [9.17, 15) is 9.59 Å². The number of rotatable bonds is 7. The van der Waals surface area contributed by atoms with Crippen LogP contribution in [0.1, 0.15) is 35.6 Å². The fourth-order valence-corrected chi connectivity index (χ4v) is 6.36. The first-order valence-electron chi connectivity index (χ1n) is 12.8. The number of carbonyl (C=O) groups is 2. The molecule has 2 atom stereocenters. The molecule has 2 saturated heterocycles. The molecule has 1 spiro atoms. The number of hydrogen-bond donors (Lipinski definition) is 0. The van der Waals surface area contributed by atoms with Crippen LogP contribution in [0.15, 0.2) is 54.4 Å². The normalized spacial score (nSPS) is 23.2. The van der Waals surface area contributed by atoms with Crippen molar-refractivity contribution in [2.75, 3.05) is 32.8 Å². The second-order valence-corrected chi connectivity index (χ2v) is 12.2. The average molecular weight is 518 g/mol. The van der Waals surface area contributed by atoms with E-state index in [1.807, 2.05) is 40.1 Å². The van der Waals surface area contributed by atoms with Crippen molar-refractivity contribution in [1.29, 1.82) is 0 Å². The van der Waals surface area contributed by atoms with E-state index >= 15 is 0 Å². The van der Waals surface area contributed by atoms with Crippen LogP contribution in [0.4, 0.5) is 0 Å². The van der Waals surface area contributed by atoms with Crippen molar-refractivity contribution in [3.8, 4) is 11.3 Å². The number of thiazole rings is 1. The summed E-state index contributed by atoms with van der Waals surface area (Å²) in [4.78, 5) is 43.7. The van der Waals surface area contributed by atoms with Gasteiger partial charge in [0.1, 0.15) is 4.88 Å². The molecule has 3 fully saturated rings. The molecule has 3 aromatic rings. The van der Waals surface area contributed by atoms with Crippen molar-refractivity contribution in [3.63, 3.8) is 0 Å². The van der Waals surface area contributed by atoms with Gasteiger partial charge in [-0.15, -0.1) is 11.3 Å². The highest BCUT2D eigenvalue weighted by Crippen LogP contribution is 2.54. The Balaban J connectivity index is 1.12. The summed E-state index contributed by atoms with van der Waals surface area (Å²) < 4.78 is 6.20. The lowest BCUT2D eigenvalue weighted by Gasteiger charge is -2.51. The first-order valence-corrected chi connectivity index (χ1v) is 13.6. The summed E-state index contributed by atoms with van der Waals surface area (Å²) in [5.41, 5.74) is 4.36. The predicted octanol–water partition coefficient (Wildman–Crippen LogP) is 3.76. The van der Waals surface area contributed by atoms with Crippen LogP contribution in [0.25, 0.3) is 11.3 Å². The molecule has 0 radical (unpaired) electrons. The Morgan fingerprint density at radius 2 is 1.89 bits per heavy atom. The number of carbonyl (C=O) groups excluding carboxylic acids is 2. The van der Waals surface area contributed by atoms with Gasteiger partial charge in [0.25, 0.3) is 5.91 Å². The Labute approximate surface area is 220 Å². The molecule has 2 aliphatic heterocycles. The zero-order valence-electron chi connectivity index (χ0n) is 21.2. The van der Waals surface area contributed by atoms with Gasteiger partial charge in [-0.1, -0.05) is 19.9 Å². The quantitative estimate of drug-likeness (QED) is 0.474. The molecule has 0 bridgehead atoms. The second-order valence-electron chi connectivity index (χ2n) is 11.3. The third kappa shape index (κ3) is 4.66. The van der Waals surface area contributed by atoms with Crippen LogP contribution in [0.3, 0.4) is 0 Å². The number of pyridine rings is 2. The monoisotopic (exact) mass is 517 g/mol. The SMILES string of the molecule is CC1(C)C[C@@H]1C(=O)N1CC2(CN(C(=O)c3cncs3)C[C@H]2COCc2cccc(-c3cccnc3)n2)C1. The van der Waals surface area contributed by atoms with Gasteiger partial charge in [0.05, 0.1) is 36.3 Å². The highest BCUT2D eigenvalue weighted by molar-refractivity contribution is 7.11. The van der Waals surface area contributed by atoms with Gasteiger partial charge in [0, 0.05) is 61.4 Å². The minimum Gasteiger partial charge on any atom is -0.375 e.